The average Bonchev–Trinajstić information content (AvgIpc) is 2.62. The van der Waals surface area contributed by atoms with Gasteiger partial charge < -0.3 is 10.4 Å². The lowest BCUT2D eigenvalue weighted by molar-refractivity contribution is 0.0698. The summed E-state index contributed by atoms with van der Waals surface area (Å²) in [6.07, 6.45) is 1.90. The number of benzene rings is 2. The molecule has 120 valence electrons. The maximum Gasteiger partial charge on any atom is 0.337 e. The van der Waals surface area contributed by atoms with Gasteiger partial charge in [-0.1, -0.05) is 54.2 Å². The number of carbonyl (C=O) groups is 1. The molecule has 24 heavy (non-hydrogen) atoms. The van der Waals surface area contributed by atoms with Crippen LogP contribution >= 0.6 is 11.8 Å². The molecule has 0 spiro atoms. The van der Waals surface area contributed by atoms with E-state index in [1.807, 2.05) is 42.7 Å². The molecule has 0 fully saturated rings. The highest BCUT2D eigenvalue weighted by atomic mass is 32.2. The molecule has 2 N–H and O–H groups in total. The summed E-state index contributed by atoms with van der Waals surface area (Å²) in [6, 6.07) is 18.3. The van der Waals surface area contributed by atoms with Crippen LogP contribution in [0.4, 0.5) is 11.5 Å². The van der Waals surface area contributed by atoms with Crippen molar-refractivity contribution in [1.82, 2.24) is 9.97 Å². The average molecular weight is 337 g/mol. The number of hydrogen-bond acceptors (Lipinski definition) is 5. The third kappa shape index (κ3) is 3.55. The monoisotopic (exact) mass is 337 g/mol. The normalized spacial score (nSPS) is 10.4. The van der Waals surface area contributed by atoms with E-state index in [0.29, 0.717) is 16.7 Å². The van der Waals surface area contributed by atoms with Crippen molar-refractivity contribution in [2.45, 2.75) is 5.16 Å². The van der Waals surface area contributed by atoms with Gasteiger partial charge in [0, 0.05) is 11.6 Å². The third-order valence-electron chi connectivity index (χ3n) is 3.38. The Balaban J connectivity index is 2.01. The smallest absolute Gasteiger partial charge is 0.337 e. The number of aromatic carboxylic acids is 1. The fourth-order valence-electron chi connectivity index (χ4n) is 2.25. The summed E-state index contributed by atoms with van der Waals surface area (Å²) < 4.78 is 0. The van der Waals surface area contributed by atoms with E-state index < -0.39 is 5.97 Å². The van der Waals surface area contributed by atoms with Gasteiger partial charge in [0.15, 0.2) is 5.16 Å². The van der Waals surface area contributed by atoms with E-state index in [1.54, 1.807) is 24.3 Å². The van der Waals surface area contributed by atoms with E-state index in [2.05, 4.69) is 15.3 Å². The highest BCUT2D eigenvalue weighted by molar-refractivity contribution is 7.98. The number of anilines is 2. The van der Waals surface area contributed by atoms with Crippen molar-refractivity contribution in [3.63, 3.8) is 0 Å². The fraction of sp³-hybridized carbons (Fsp3) is 0.0556. The first-order valence-electron chi connectivity index (χ1n) is 7.25. The van der Waals surface area contributed by atoms with Gasteiger partial charge in [0.1, 0.15) is 5.82 Å². The minimum Gasteiger partial charge on any atom is -0.478 e. The Morgan fingerprint density at radius 1 is 1.04 bits per heavy atom. The zero-order valence-electron chi connectivity index (χ0n) is 12.9. The lowest BCUT2D eigenvalue weighted by Crippen LogP contribution is -2.04. The third-order valence-corrected chi connectivity index (χ3v) is 3.93. The van der Waals surface area contributed by atoms with Crippen molar-refractivity contribution in [3.05, 3.63) is 66.2 Å². The zero-order chi connectivity index (χ0) is 16.9. The molecule has 3 rings (SSSR count). The van der Waals surface area contributed by atoms with Crippen molar-refractivity contribution in [2.24, 2.45) is 0 Å². The van der Waals surface area contributed by atoms with Crippen molar-refractivity contribution < 1.29 is 9.90 Å². The van der Waals surface area contributed by atoms with Crippen molar-refractivity contribution >= 4 is 29.2 Å². The maximum absolute atomic E-state index is 11.3. The van der Waals surface area contributed by atoms with Gasteiger partial charge in [0.05, 0.1) is 16.9 Å². The van der Waals surface area contributed by atoms with Crippen molar-refractivity contribution in [2.75, 3.05) is 11.6 Å². The predicted molar refractivity (Wildman–Crippen MR) is 95.9 cm³/mol. The van der Waals surface area contributed by atoms with Gasteiger partial charge in [-0.2, -0.15) is 0 Å². The first-order valence-corrected chi connectivity index (χ1v) is 8.47. The van der Waals surface area contributed by atoms with E-state index in [1.165, 1.54) is 11.8 Å². The molecule has 3 aromatic rings. The van der Waals surface area contributed by atoms with Crippen LogP contribution in [0.3, 0.4) is 0 Å². The van der Waals surface area contributed by atoms with Crippen LogP contribution in [0.25, 0.3) is 11.3 Å². The minimum absolute atomic E-state index is 0.197. The molecule has 0 aliphatic rings. The largest absolute Gasteiger partial charge is 0.478 e. The van der Waals surface area contributed by atoms with E-state index in [0.717, 1.165) is 11.3 Å². The molecule has 0 amide bonds. The Morgan fingerprint density at radius 2 is 1.75 bits per heavy atom. The Kier molecular flexibility index (Phi) is 4.77. The van der Waals surface area contributed by atoms with E-state index in [9.17, 15) is 9.90 Å². The number of rotatable bonds is 5. The molecule has 6 heteroatoms. The van der Waals surface area contributed by atoms with Gasteiger partial charge in [0.2, 0.25) is 0 Å². The second kappa shape index (κ2) is 7.14. The molecule has 0 aliphatic carbocycles. The van der Waals surface area contributed by atoms with Crippen LogP contribution in [0.1, 0.15) is 10.4 Å². The maximum atomic E-state index is 11.3. The standard InChI is InChI=1S/C18H15N3O2S/c1-24-18-20-15(12-7-3-2-4-8-12)11-16(21-18)19-14-10-6-5-9-13(14)17(22)23/h2-11H,1H3,(H,22,23)(H,19,20,21). The minimum atomic E-state index is -0.986. The van der Waals surface area contributed by atoms with E-state index >= 15 is 0 Å². The molecule has 0 saturated carbocycles. The molecule has 0 unspecified atom stereocenters. The molecule has 0 saturated heterocycles. The first-order chi connectivity index (χ1) is 11.7. The molecule has 1 heterocycles. The summed E-state index contributed by atoms with van der Waals surface area (Å²) in [7, 11) is 0. The quantitative estimate of drug-likeness (QED) is 0.534. The Hall–Kier alpha value is -2.86. The summed E-state index contributed by atoms with van der Waals surface area (Å²) in [5.41, 5.74) is 2.45. The fourth-order valence-corrected chi connectivity index (χ4v) is 2.63. The number of aromatic nitrogens is 2. The highest BCUT2D eigenvalue weighted by Crippen LogP contribution is 2.26. The Bertz CT molecular complexity index is 869. The van der Waals surface area contributed by atoms with Crippen LogP contribution in [0.2, 0.25) is 0 Å². The number of nitrogens with one attached hydrogen (secondary N) is 1. The van der Waals surface area contributed by atoms with E-state index in [-0.39, 0.29) is 5.56 Å². The van der Waals surface area contributed by atoms with Crippen LogP contribution < -0.4 is 5.32 Å². The molecule has 5 nitrogen and oxygen atoms in total. The number of para-hydroxylation sites is 1. The Morgan fingerprint density at radius 3 is 2.46 bits per heavy atom. The summed E-state index contributed by atoms with van der Waals surface area (Å²) in [5.74, 6) is -0.428. The zero-order valence-corrected chi connectivity index (χ0v) is 13.7. The number of carboxylic acid groups (broad SMARTS) is 1. The molecule has 0 aliphatic heterocycles. The van der Waals surface area contributed by atoms with Gasteiger partial charge in [-0.3, -0.25) is 0 Å². The van der Waals surface area contributed by atoms with Crippen LogP contribution in [-0.4, -0.2) is 27.3 Å². The second-order valence-corrected chi connectivity index (χ2v) is 5.74. The Labute approximate surface area is 143 Å². The summed E-state index contributed by atoms with van der Waals surface area (Å²) in [5, 5.41) is 13.0. The van der Waals surface area contributed by atoms with Gasteiger partial charge in [-0.05, 0) is 18.4 Å². The predicted octanol–water partition coefficient (Wildman–Crippen LogP) is 4.31. The second-order valence-electron chi connectivity index (χ2n) is 4.97. The number of thioether (sulfide) groups is 1. The van der Waals surface area contributed by atoms with Crippen LogP contribution in [-0.2, 0) is 0 Å². The summed E-state index contributed by atoms with van der Waals surface area (Å²) in [6.45, 7) is 0. The van der Waals surface area contributed by atoms with Gasteiger partial charge in [-0.25, -0.2) is 14.8 Å². The number of carboxylic acids is 1. The van der Waals surface area contributed by atoms with Crippen molar-refractivity contribution in [1.29, 1.82) is 0 Å². The van der Waals surface area contributed by atoms with Gasteiger partial charge >= 0.3 is 5.97 Å². The lowest BCUT2D eigenvalue weighted by Gasteiger charge is -2.11. The summed E-state index contributed by atoms with van der Waals surface area (Å²) >= 11 is 1.43. The van der Waals surface area contributed by atoms with Crippen LogP contribution in [0.5, 0.6) is 0 Å². The number of hydrogen-bond donors (Lipinski definition) is 2. The first kappa shape index (κ1) is 16.0. The lowest BCUT2D eigenvalue weighted by atomic mass is 10.1. The summed E-state index contributed by atoms with van der Waals surface area (Å²) in [4.78, 5) is 20.3. The molecular weight excluding hydrogens is 322 g/mol. The van der Waals surface area contributed by atoms with Crippen LogP contribution in [0, 0.1) is 0 Å². The molecule has 0 radical (unpaired) electrons. The number of nitrogens with zero attached hydrogens (tertiary/aromatic N) is 2. The topological polar surface area (TPSA) is 75.1 Å². The van der Waals surface area contributed by atoms with Crippen molar-refractivity contribution in [3.8, 4) is 11.3 Å². The molecule has 0 atom stereocenters. The molecule has 1 aromatic heterocycles. The van der Waals surface area contributed by atoms with E-state index in [4.69, 9.17) is 0 Å². The molecule has 0 bridgehead atoms. The highest BCUT2D eigenvalue weighted by Gasteiger charge is 2.11. The molecular formula is C18H15N3O2S. The molecule has 2 aromatic carbocycles. The van der Waals surface area contributed by atoms with Gasteiger partial charge in [-0.15, -0.1) is 0 Å². The van der Waals surface area contributed by atoms with Crippen LogP contribution in [0.15, 0.2) is 65.8 Å². The SMILES string of the molecule is CSc1nc(Nc2ccccc2C(=O)O)cc(-c2ccccc2)n1. The van der Waals surface area contributed by atoms with Gasteiger partial charge in [0.25, 0.3) is 0 Å².